The Labute approximate surface area is 123 Å². The molecule has 0 aliphatic heterocycles. The van der Waals surface area contributed by atoms with Gasteiger partial charge in [-0.2, -0.15) is 5.10 Å². The molecule has 0 amide bonds. The van der Waals surface area contributed by atoms with Gasteiger partial charge in [-0.25, -0.2) is 0 Å². The van der Waals surface area contributed by atoms with Crippen molar-refractivity contribution < 1.29 is 0 Å². The number of nitrogens with zero attached hydrogens (tertiary/aromatic N) is 2. The highest BCUT2D eigenvalue weighted by Gasteiger charge is 1.97. The van der Waals surface area contributed by atoms with Gasteiger partial charge in [0.25, 0.3) is 0 Å². The monoisotopic (exact) mass is 284 g/mol. The molecule has 110 valence electrons. The van der Waals surface area contributed by atoms with Crippen LogP contribution in [0.3, 0.4) is 0 Å². The van der Waals surface area contributed by atoms with E-state index in [1.165, 1.54) is 64.2 Å². The molecule has 19 heavy (non-hydrogen) atoms. The third-order valence-corrected chi connectivity index (χ3v) is 3.89. The van der Waals surface area contributed by atoms with Crippen molar-refractivity contribution in [2.75, 3.05) is 0 Å². The summed E-state index contributed by atoms with van der Waals surface area (Å²) in [6, 6.07) is 0. The summed E-state index contributed by atoms with van der Waals surface area (Å²) in [5.41, 5.74) is 1.12. The van der Waals surface area contributed by atoms with Gasteiger partial charge in [0.05, 0.1) is 12.1 Å². The van der Waals surface area contributed by atoms with Crippen LogP contribution in [0.4, 0.5) is 0 Å². The van der Waals surface area contributed by atoms with Crippen molar-refractivity contribution in [2.24, 2.45) is 0 Å². The Morgan fingerprint density at radius 2 is 1.53 bits per heavy atom. The van der Waals surface area contributed by atoms with Crippen LogP contribution in [0.5, 0.6) is 0 Å². The van der Waals surface area contributed by atoms with Crippen LogP contribution in [0.2, 0.25) is 0 Å². The number of rotatable bonds is 12. The minimum Gasteiger partial charge on any atom is -0.272 e. The summed E-state index contributed by atoms with van der Waals surface area (Å²) in [6.45, 7) is 3.31. The summed E-state index contributed by atoms with van der Waals surface area (Å²) < 4.78 is 2.02. The Balaban J connectivity index is 1.86. The van der Waals surface area contributed by atoms with Crippen LogP contribution in [0.25, 0.3) is 0 Å². The molecular formula is C16H29ClN2. The lowest BCUT2D eigenvalue weighted by molar-refractivity contribution is 0.515. The molecule has 1 rings (SSSR count). The van der Waals surface area contributed by atoms with Gasteiger partial charge in [0, 0.05) is 18.3 Å². The molecule has 0 saturated heterocycles. The van der Waals surface area contributed by atoms with Crippen LogP contribution in [0.1, 0.15) is 76.7 Å². The van der Waals surface area contributed by atoms with E-state index in [4.69, 9.17) is 11.6 Å². The van der Waals surface area contributed by atoms with E-state index in [0.29, 0.717) is 5.88 Å². The third-order valence-electron chi connectivity index (χ3n) is 3.58. The third kappa shape index (κ3) is 8.30. The summed E-state index contributed by atoms with van der Waals surface area (Å²) in [5.74, 6) is 0.567. The van der Waals surface area contributed by atoms with Gasteiger partial charge in [-0.1, -0.05) is 64.7 Å². The summed E-state index contributed by atoms with van der Waals surface area (Å²) in [7, 11) is 0. The fraction of sp³-hybridized carbons (Fsp3) is 0.812. The van der Waals surface area contributed by atoms with Gasteiger partial charge in [0.2, 0.25) is 0 Å². The van der Waals surface area contributed by atoms with Crippen molar-refractivity contribution in [1.29, 1.82) is 0 Å². The van der Waals surface area contributed by atoms with Gasteiger partial charge in [0.1, 0.15) is 0 Å². The minimum absolute atomic E-state index is 0.567. The first-order valence-electron chi connectivity index (χ1n) is 7.94. The Morgan fingerprint density at radius 1 is 0.947 bits per heavy atom. The second-order valence-electron chi connectivity index (χ2n) is 5.43. The first kappa shape index (κ1) is 16.6. The lowest BCUT2D eigenvalue weighted by Gasteiger charge is -2.03. The van der Waals surface area contributed by atoms with Gasteiger partial charge >= 0.3 is 0 Å². The Bertz CT molecular complexity index is 309. The Morgan fingerprint density at radius 3 is 2.05 bits per heavy atom. The first-order chi connectivity index (χ1) is 9.36. The van der Waals surface area contributed by atoms with Crippen molar-refractivity contribution in [2.45, 2.75) is 83.6 Å². The predicted octanol–water partition coefficient (Wildman–Crippen LogP) is 5.54. The molecule has 1 heterocycles. The van der Waals surface area contributed by atoms with E-state index in [9.17, 15) is 0 Å². The number of hydrogen-bond acceptors (Lipinski definition) is 1. The standard InChI is InChI=1S/C16H29ClN2/c1-2-3-4-5-6-7-8-9-10-11-12-19-15-16(13-17)14-18-19/h14-15H,2-13H2,1H3. The minimum atomic E-state index is 0.567. The van der Waals surface area contributed by atoms with E-state index in [-0.39, 0.29) is 0 Å². The topological polar surface area (TPSA) is 17.8 Å². The van der Waals surface area contributed by atoms with Gasteiger partial charge < -0.3 is 0 Å². The molecule has 1 aromatic rings. The predicted molar refractivity (Wildman–Crippen MR) is 83.6 cm³/mol. The van der Waals surface area contributed by atoms with Crippen LogP contribution in [-0.2, 0) is 12.4 Å². The fourth-order valence-electron chi connectivity index (χ4n) is 2.36. The normalized spacial score (nSPS) is 11.1. The van der Waals surface area contributed by atoms with Gasteiger partial charge in [-0.15, -0.1) is 11.6 Å². The molecule has 0 atom stereocenters. The molecule has 0 spiro atoms. The molecule has 0 aliphatic carbocycles. The highest BCUT2D eigenvalue weighted by molar-refractivity contribution is 6.17. The van der Waals surface area contributed by atoms with E-state index in [1.807, 2.05) is 10.9 Å². The lowest BCUT2D eigenvalue weighted by Crippen LogP contribution is -1.97. The zero-order chi connectivity index (χ0) is 13.8. The summed E-state index contributed by atoms with van der Waals surface area (Å²) in [5, 5.41) is 4.30. The number of alkyl halides is 1. The maximum Gasteiger partial charge on any atom is 0.0533 e. The fourth-order valence-corrected chi connectivity index (χ4v) is 2.50. The van der Waals surface area contributed by atoms with Crippen molar-refractivity contribution in [3.63, 3.8) is 0 Å². The summed E-state index contributed by atoms with van der Waals surface area (Å²) >= 11 is 5.75. The summed E-state index contributed by atoms with van der Waals surface area (Å²) in [4.78, 5) is 0. The number of hydrogen-bond donors (Lipinski definition) is 0. The van der Waals surface area contributed by atoms with E-state index >= 15 is 0 Å². The molecule has 1 aromatic heterocycles. The SMILES string of the molecule is CCCCCCCCCCCCn1cc(CCl)cn1. The highest BCUT2D eigenvalue weighted by atomic mass is 35.5. The molecular weight excluding hydrogens is 256 g/mol. The second-order valence-corrected chi connectivity index (χ2v) is 5.69. The average Bonchev–Trinajstić information content (AvgIpc) is 2.89. The van der Waals surface area contributed by atoms with E-state index in [1.54, 1.807) is 0 Å². The van der Waals surface area contributed by atoms with Crippen LogP contribution in [0, 0.1) is 0 Å². The molecule has 0 radical (unpaired) electrons. The number of aryl methyl sites for hydroxylation is 1. The summed E-state index contributed by atoms with van der Waals surface area (Å²) in [6.07, 6.45) is 17.7. The Hall–Kier alpha value is -0.500. The molecule has 0 saturated carbocycles. The van der Waals surface area contributed by atoms with E-state index in [2.05, 4.69) is 18.2 Å². The second kappa shape index (κ2) is 11.3. The van der Waals surface area contributed by atoms with Crippen LogP contribution in [0.15, 0.2) is 12.4 Å². The number of halogens is 1. The molecule has 0 bridgehead atoms. The van der Waals surface area contributed by atoms with E-state index < -0.39 is 0 Å². The smallest absolute Gasteiger partial charge is 0.0533 e. The first-order valence-corrected chi connectivity index (χ1v) is 8.47. The van der Waals surface area contributed by atoms with E-state index in [0.717, 1.165) is 12.1 Å². The van der Waals surface area contributed by atoms with Crippen LogP contribution < -0.4 is 0 Å². The zero-order valence-corrected chi connectivity index (χ0v) is 13.2. The number of unbranched alkanes of at least 4 members (excludes halogenated alkanes) is 9. The maximum absolute atomic E-state index is 5.75. The number of aromatic nitrogens is 2. The largest absolute Gasteiger partial charge is 0.272 e. The lowest BCUT2D eigenvalue weighted by atomic mass is 10.1. The molecule has 3 heteroatoms. The van der Waals surface area contributed by atoms with Crippen molar-refractivity contribution in [1.82, 2.24) is 9.78 Å². The molecule has 0 fully saturated rings. The zero-order valence-electron chi connectivity index (χ0n) is 12.4. The van der Waals surface area contributed by atoms with Gasteiger partial charge in [-0.05, 0) is 6.42 Å². The van der Waals surface area contributed by atoms with Crippen molar-refractivity contribution in [3.05, 3.63) is 18.0 Å². The molecule has 0 aromatic carbocycles. The highest BCUT2D eigenvalue weighted by Crippen LogP contribution is 2.11. The maximum atomic E-state index is 5.75. The van der Waals surface area contributed by atoms with Gasteiger partial charge in [-0.3, -0.25) is 4.68 Å². The molecule has 0 N–H and O–H groups in total. The van der Waals surface area contributed by atoms with Crippen LogP contribution in [-0.4, -0.2) is 9.78 Å². The van der Waals surface area contributed by atoms with Crippen molar-refractivity contribution >= 4 is 11.6 Å². The quantitative estimate of drug-likeness (QED) is 0.364. The van der Waals surface area contributed by atoms with Crippen molar-refractivity contribution in [3.8, 4) is 0 Å². The van der Waals surface area contributed by atoms with Gasteiger partial charge in [0.15, 0.2) is 0 Å². The molecule has 0 unspecified atom stereocenters. The van der Waals surface area contributed by atoms with Crippen LogP contribution >= 0.6 is 11.6 Å². The Kier molecular flexibility index (Phi) is 9.88. The average molecular weight is 285 g/mol. The molecule has 2 nitrogen and oxygen atoms in total. The molecule has 0 aliphatic rings.